The van der Waals surface area contributed by atoms with E-state index in [1.165, 1.54) is 5.56 Å². The fraction of sp³-hybridized carbons (Fsp3) is 0.588. The summed E-state index contributed by atoms with van der Waals surface area (Å²) in [5.41, 5.74) is 2.31. The average Bonchev–Trinajstić information content (AvgIpc) is 3.11. The molecular weight excluding hydrogens is 266 g/mol. The molecule has 114 valence electrons. The van der Waals surface area contributed by atoms with Crippen molar-refractivity contribution in [2.24, 2.45) is 5.92 Å². The van der Waals surface area contributed by atoms with Crippen LogP contribution in [-0.4, -0.2) is 31.8 Å². The SMILES string of the molecule is COc1cc(CCNC(=O)C2CC3CCC2O3)ccc1C. The summed E-state index contributed by atoms with van der Waals surface area (Å²) in [4.78, 5) is 12.2. The van der Waals surface area contributed by atoms with Gasteiger partial charge in [-0.25, -0.2) is 0 Å². The quantitative estimate of drug-likeness (QED) is 0.904. The first-order chi connectivity index (χ1) is 10.2. The van der Waals surface area contributed by atoms with Crippen molar-refractivity contribution in [3.8, 4) is 5.75 Å². The Morgan fingerprint density at radius 3 is 2.95 bits per heavy atom. The highest BCUT2D eigenvalue weighted by molar-refractivity contribution is 5.79. The summed E-state index contributed by atoms with van der Waals surface area (Å²) in [5, 5.41) is 3.05. The maximum atomic E-state index is 12.2. The number of ether oxygens (including phenoxy) is 2. The van der Waals surface area contributed by atoms with Crippen LogP contribution in [-0.2, 0) is 16.0 Å². The number of rotatable bonds is 5. The second-order valence-electron chi connectivity index (χ2n) is 6.06. The molecule has 1 aromatic carbocycles. The van der Waals surface area contributed by atoms with E-state index < -0.39 is 0 Å². The number of hydrogen-bond acceptors (Lipinski definition) is 3. The zero-order valence-electron chi connectivity index (χ0n) is 12.7. The molecule has 0 spiro atoms. The van der Waals surface area contributed by atoms with Gasteiger partial charge in [-0.3, -0.25) is 4.79 Å². The van der Waals surface area contributed by atoms with E-state index in [9.17, 15) is 4.79 Å². The van der Waals surface area contributed by atoms with Gasteiger partial charge in [0.15, 0.2) is 0 Å². The van der Waals surface area contributed by atoms with Crippen LogP contribution in [0.3, 0.4) is 0 Å². The van der Waals surface area contributed by atoms with Crippen molar-refractivity contribution >= 4 is 5.91 Å². The van der Waals surface area contributed by atoms with E-state index in [4.69, 9.17) is 9.47 Å². The normalized spacial score (nSPS) is 26.9. The van der Waals surface area contributed by atoms with Crippen molar-refractivity contribution in [3.05, 3.63) is 29.3 Å². The van der Waals surface area contributed by atoms with Gasteiger partial charge in [-0.05, 0) is 49.8 Å². The molecule has 2 saturated heterocycles. The Morgan fingerprint density at radius 1 is 1.43 bits per heavy atom. The lowest BCUT2D eigenvalue weighted by Gasteiger charge is -2.18. The van der Waals surface area contributed by atoms with E-state index in [1.54, 1.807) is 7.11 Å². The third-order valence-electron chi connectivity index (χ3n) is 4.63. The lowest BCUT2D eigenvalue weighted by molar-refractivity contribution is -0.126. The molecule has 2 aliphatic heterocycles. The van der Waals surface area contributed by atoms with Gasteiger partial charge >= 0.3 is 0 Å². The topological polar surface area (TPSA) is 47.6 Å². The molecule has 2 bridgehead atoms. The highest BCUT2D eigenvalue weighted by atomic mass is 16.5. The Kier molecular flexibility index (Phi) is 4.15. The molecule has 4 heteroatoms. The van der Waals surface area contributed by atoms with Crippen LogP contribution in [0.25, 0.3) is 0 Å². The fourth-order valence-electron chi connectivity index (χ4n) is 3.39. The number of carbonyl (C=O) groups is 1. The number of carbonyl (C=O) groups excluding carboxylic acids is 1. The maximum absolute atomic E-state index is 12.2. The van der Waals surface area contributed by atoms with Gasteiger partial charge in [0.2, 0.25) is 5.91 Å². The van der Waals surface area contributed by atoms with Gasteiger partial charge in [0.25, 0.3) is 0 Å². The zero-order chi connectivity index (χ0) is 14.8. The number of aryl methyl sites for hydroxylation is 1. The fourth-order valence-corrected chi connectivity index (χ4v) is 3.39. The summed E-state index contributed by atoms with van der Waals surface area (Å²) in [6.07, 6.45) is 4.37. The van der Waals surface area contributed by atoms with Crippen molar-refractivity contribution in [1.82, 2.24) is 5.32 Å². The van der Waals surface area contributed by atoms with E-state index in [-0.39, 0.29) is 17.9 Å². The lowest BCUT2D eigenvalue weighted by Crippen LogP contribution is -2.37. The molecule has 2 aliphatic rings. The van der Waals surface area contributed by atoms with E-state index in [1.807, 2.05) is 13.0 Å². The van der Waals surface area contributed by atoms with Crippen LogP contribution >= 0.6 is 0 Å². The van der Waals surface area contributed by atoms with Crippen molar-refractivity contribution in [3.63, 3.8) is 0 Å². The standard InChI is InChI=1S/C17H23NO3/c1-11-3-4-12(9-16(11)20-2)7-8-18-17(19)14-10-13-5-6-15(14)21-13/h3-4,9,13-15H,5-8,10H2,1-2H3,(H,18,19). The molecule has 0 aromatic heterocycles. The van der Waals surface area contributed by atoms with Crippen LogP contribution in [0.2, 0.25) is 0 Å². The van der Waals surface area contributed by atoms with Crippen LogP contribution in [0.1, 0.15) is 30.4 Å². The second kappa shape index (κ2) is 6.06. The van der Waals surface area contributed by atoms with E-state index in [0.717, 1.165) is 37.0 Å². The molecule has 2 fully saturated rings. The Balaban J connectivity index is 1.48. The van der Waals surface area contributed by atoms with Crippen molar-refractivity contribution in [1.29, 1.82) is 0 Å². The van der Waals surface area contributed by atoms with Crippen LogP contribution in [0.15, 0.2) is 18.2 Å². The van der Waals surface area contributed by atoms with Gasteiger partial charge in [0.1, 0.15) is 5.75 Å². The summed E-state index contributed by atoms with van der Waals surface area (Å²) in [6.45, 7) is 2.69. The smallest absolute Gasteiger partial charge is 0.225 e. The molecule has 0 radical (unpaired) electrons. The average molecular weight is 289 g/mol. The molecule has 0 aliphatic carbocycles. The minimum atomic E-state index is 0.0660. The van der Waals surface area contributed by atoms with E-state index >= 15 is 0 Å². The molecule has 4 nitrogen and oxygen atoms in total. The van der Waals surface area contributed by atoms with Gasteiger partial charge < -0.3 is 14.8 Å². The summed E-state index contributed by atoms with van der Waals surface area (Å²) in [6, 6.07) is 6.19. The second-order valence-corrected chi connectivity index (χ2v) is 6.06. The largest absolute Gasteiger partial charge is 0.496 e. The first-order valence-corrected chi connectivity index (χ1v) is 7.74. The third kappa shape index (κ3) is 3.05. The Morgan fingerprint density at radius 2 is 2.29 bits per heavy atom. The van der Waals surface area contributed by atoms with Gasteiger partial charge in [-0.15, -0.1) is 0 Å². The minimum Gasteiger partial charge on any atom is -0.496 e. The van der Waals surface area contributed by atoms with Gasteiger partial charge in [0.05, 0.1) is 25.2 Å². The molecule has 3 atom stereocenters. The number of nitrogens with one attached hydrogen (secondary N) is 1. The predicted molar refractivity (Wildman–Crippen MR) is 80.4 cm³/mol. The summed E-state index contributed by atoms with van der Waals surface area (Å²) in [5.74, 6) is 1.12. The maximum Gasteiger partial charge on any atom is 0.225 e. The molecule has 21 heavy (non-hydrogen) atoms. The number of hydrogen-bond donors (Lipinski definition) is 1. The molecule has 3 rings (SSSR count). The predicted octanol–water partition coefficient (Wildman–Crippen LogP) is 2.23. The van der Waals surface area contributed by atoms with Crippen LogP contribution in [0.5, 0.6) is 5.75 Å². The number of fused-ring (bicyclic) bond motifs is 2. The summed E-state index contributed by atoms with van der Waals surface area (Å²) < 4.78 is 11.1. The molecule has 1 aromatic rings. The lowest BCUT2D eigenvalue weighted by atomic mass is 9.88. The Bertz CT molecular complexity index is 529. The van der Waals surface area contributed by atoms with Crippen LogP contribution < -0.4 is 10.1 Å². The van der Waals surface area contributed by atoms with Gasteiger partial charge in [-0.2, -0.15) is 0 Å². The monoisotopic (exact) mass is 289 g/mol. The summed E-state index contributed by atoms with van der Waals surface area (Å²) >= 11 is 0. The highest BCUT2D eigenvalue weighted by Gasteiger charge is 2.44. The number of benzene rings is 1. The van der Waals surface area contributed by atoms with Crippen LogP contribution in [0.4, 0.5) is 0 Å². The molecule has 2 heterocycles. The first kappa shape index (κ1) is 14.4. The summed E-state index contributed by atoms with van der Waals surface area (Å²) in [7, 11) is 1.68. The molecule has 3 unspecified atom stereocenters. The number of amides is 1. The number of methoxy groups -OCH3 is 1. The van der Waals surface area contributed by atoms with E-state index in [0.29, 0.717) is 12.6 Å². The Labute approximate surface area is 125 Å². The van der Waals surface area contributed by atoms with Crippen molar-refractivity contribution in [2.75, 3.05) is 13.7 Å². The van der Waals surface area contributed by atoms with Gasteiger partial charge in [-0.1, -0.05) is 12.1 Å². The van der Waals surface area contributed by atoms with Crippen molar-refractivity contribution < 1.29 is 14.3 Å². The molecule has 1 amide bonds. The zero-order valence-corrected chi connectivity index (χ0v) is 12.7. The highest BCUT2D eigenvalue weighted by Crippen LogP contribution is 2.38. The molecule has 0 saturated carbocycles. The third-order valence-corrected chi connectivity index (χ3v) is 4.63. The van der Waals surface area contributed by atoms with Gasteiger partial charge in [0, 0.05) is 6.54 Å². The van der Waals surface area contributed by atoms with E-state index in [2.05, 4.69) is 17.4 Å². The van der Waals surface area contributed by atoms with Crippen molar-refractivity contribution in [2.45, 2.75) is 44.8 Å². The molecule has 1 N–H and O–H groups in total. The molecular formula is C17H23NO3. The Hall–Kier alpha value is -1.55. The van der Waals surface area contributed by atoms with Crippen LogP contribution in [0, 0.1) is 12.8 Å². The first-order valence-electron chi connectivity index (χ1n) is 7.74. The minimum absolute atomic E-state index is 0.0660.